The Kier molecular flexibility index (Phi) is 6.53. The number of aliphatic hydroxyl groups is 1. The molecule has 2 heteroatoms. The Morgan fingerprint density at radius 1 is 0.719 bits per heavy atom. The topological polar surface area (TPSA) is 23.5 Å². The van der Waals surface area contributed by atoms with E-state index in [0.29, 0.717) is 6.42 Å². The van der Waals surface area contributed by atoms with Crippen molar-refractivity contribution in [1.82, 2.24) is 0 Å². The zero-order chi connectivity index (χ0) is 22.4. The molecular formula is C30H29NO. The third kappa shape index (κ3) is 4.82. The van der Waals surface area contributed by atoms with Gasteiger partial charge in [0.15, 0.2) is 0 Å². The van der Waals surface area contributed by atoms with E-state index in [9.17, 15) is 5.11 Å². The van der Waals surface area contributed by atoms with Crippen molar-refractivity contribution >= 4 is 17.1 Å². The minimum absolute atomic E-state index is 0.0796. The molecule has 0 aliphatic rings. The minimum atomic E-state index is -0.975. The summed E-state index contributed by atoms with van der Waals surface area (Å²) in [7, 11) is 0. The Bertz CT molecular complexity index is 1080. The molecule has 0 radical (unpaired) electrons. The Morgan fingerprint density at radius 2 is 1.16 bits per heavy atom. The van der Waals surface area contributed by atoms with Gasteiger partial charge in [0.25, 0.3) is 0 Å². The van der Waals surface area contributed by atoms with Gasteiger partial charge in [-0.1, -0.05) is 84.9 Å². The minimum Gasteiger partial charge on any atom is -0.385 e. The average Bonchev–Trinajstić information content (AvgIpc) is 2.85. The van der Waals surface area contributed by atoms with E-state index >= 15 is 0 Å². The van der Waals surface area contributed by atoms with Crippen LogP contribution in [-0.2, 0) is 5.60 Å². The summed E-state index contributed by atoms with van der Waals surface area (Å²) >= 11 is 0. The first kappa shape index (κ1) is 21.6. The lowest BCUT2D eigenvalue weighted by Gasteiger charge is -2.29. The van der Waals surface area contributed by atoms with E-state index in [-0.39, 0.29) is 5.92 Å². The fourth-order valence-corrected chi connectivity index (χ4v) is 4.15. The Balaban J connectivity index is 1.62. The van der Waals surface area contributed by atoms with Crippen LogP contribution in [0.4, 0.5) is 17.1 Å². The molecule has 32 heavy (non-hydrogen) atoms. The van der Waals surface area contributed by atoms with Gasteiger partial charge in [-0.3, -0.25) is 0 Å². The quantitative estimate of drug-likeness (QED) is 0.295. The summed E-state index contributed by atoms with van der Waals surface area (Å²) in [4.78, 5) is 2.22. The molecule has 4 rings (SSSR count). The summed E-state index contributed by atoms with van der Waals surface area (Å²) in [6, 6.07) is 39.1. The van der Waals surface area contributed by atoms with Crippen LogP contribution in [-0.4, -0.2) is 5.11 Å². The van der Waals surface area contributed by atoms with Gasteiger partial charge in [-0.25, -0.2) is 0 Å². The number of nitrogens with zero attached hydrogens (tertiary/aromatic N) is 1. The van der Waals surface area contributed by atoms with Crippen LogP contribution < -0.4 is 4.90 Å². The lowest BCUT2D eigenvalue weighted by molar-refractivity contribution is 0.0440. The van der Waals surface area contributed by atoms with Gasteiger partial charge < -0.3 is 10.0 Å². The molecule has 0 fully saturated rings. The van der Waals surface area contributed by atoms with Crippen LogP contribution in [0, 0.1) is 0 Å². The van der Waals surface area contributed by atoms with Crippen LogP contribution in [0.1, 0.15) is 30.4 Å². The van der Waals surface area contributed by atoms with Crippen LogP contribution in [0.5, 0.6) is 0 Å². The average molecular weight is 420 g/mol. The highest BCUT2D eigenvalue weighted by atomic mass is 16.3. The third-order valence-electron chi connectivity index (χ3n) is 5.91. The highest BCUT2D eigenvalue weighted by Crippen LogP contribution is 2.37. The van der Waals surface area contributed by atoms with Gasteiger partial charge in [-0.05, 0) is 60.9 Å². The summed E-state index contributed by atoms with van der Waals surface area (Å²) in [5, 5.41) is 11.4. The normalized spacial score (nSPS) is 13.7. The number of benzene rings is 4. The number of rotatable bonds is 8. The summed E-state index contributed by atoms with van der Waals surface area (Å²) in [6.07, 6.45) is 2.49. The van der Waals surface area contributed by atoms with E-state index < -0.39 is 5.60 Å². The highest BCUT2D eigenvalue weighted by Gasteiger charge is 2.27. The van der Waals surface area contributed by atoms with Crippen LogP contribution in [0.25, 0.3) is 0 Å². The molecule has 0 aromatic heterocycles. The predicted molar refractivity (Wildman–Crippen MR) is 135 cm³/mol. The van der Waals surface area contributed by atoms with Crippen LogP contribution in [0.15, 0.2) is 128 Å². The second-order valence-electron chi connectivity index (χ2n) is 8.28. The maximum absolute atomic E-state index is 11.4. The van der Waals surface area contributed by atoms with Crippen molar-refractivity contribution in [2.24, 2.45) is 0 Å². The summed E-state index contributed by atoms with van der Waals surface area (Å²) < 4.78 is 0. The Hall–Kier alpha value is -3.62. The van der Waals surface area contributed by atoms with Crippen LogP contribution in [0.2, 0.25) is 0 Å². The maximum atomic E-state index is 11.4. The van der Waals surface area contributed by atoms with Gasteiger partial charge in [0.05, 0.1) is 5.60 Å². The molecule has 0 spiro atoms. The van der Waals surface area contributed by atoms with Crippen molar-refractivity contribution < 1.29 is 5.11 Å². The predicted octanol–water partition coefficient (Wildman–Crippen LogP) is 7.72. The summed E-state index contributed by atoms with van der Waals surface area (Å²) in [5.41, 5.74) is 4.31. The molecule has 0 saturated heterocycles. The molecule has 0 aliphatic carbocycles. The molecule has 4 aromatic rings. The monoisotopic (exact) mass is 419 g/mol. The first-order valence-corrected chi connectivity index (χ1v) is 11.0. The number of hydrogen-bond acceptors (Lipinski definition) is 2. The van der Waals surface area contributed by atoms with Crippen LogP contribution in [0.3, 0.4) is 0 Å². The zero-order valence-corrected chi connectivity index (χ0v) is 18.4. The standard InChI is InChI=1S/C30H29NO/c1-3-24(25-13-7-4-8-14-25)23-30(2,32)26-19-21-29(22-20-26)31(27-15-9-5-10-16-27)28-17-11-6-12-18-28/h3-22,24,32H,1,23H2,2H3/t24-,30-/m1/s1. The number of allylic oxidation sites excluding steroid dienone is 1. The molecule has 2 nitrogen and oxygen atoms in total. The molecule has 4 aromatic carbocycles. The molecule has 160 valence electrons. The van der Waals surface area contributed by atoms with E-state index in [2.05, 4.69) is 60.0 Å². The van der Waals surface area contributed by atoms with E-state index in [1.807, 2.05) is 79.7 Å². The molecule has 0 saturated carbocycles. The summed E-state index contributed by atoms with van der Waals surface area (Å²) in [5.74, 6) is 0.0796. The van der Waals surface area contributed by atoms with Crippen molar-refractivity contribution in [2.45, 2.75) is 24.9 Å². The molecule has 0 amide bonds. The molecule has 1 N–H and O–H groups in total. The molecule has 2 atom stereocenters. The van der Waals surface area contributed by atoms with Gasteiger partial charge >= 0.3 is 0 Å². The SMILES string of the molecule is C=C[C@H](C[C@@](C)(O)c1ccc(N(c2ccccc2)c2ccccc2)cc1)c1ccccc1. The molecular weight excluding hydrogens is 390 g/mol. The van der Waals surface area contributed by atoms with Crippen molar-refractivity contribution in [3.63, 3.8) is 0 Å². The molecule has 0 heterocycles. The fraction of sp³-hybridized carbons (Fsp3) is 0.133. The first-order valence-electron chi connectivity index (χ1n) is 11.0. The summed E-state index contributed by atoms with van der Waals surface area (Å²) in [6.45, 7) is 5.88. The van der Waals surface area contributed by atoms with Gasteiger partial charge in [0, 0.05) is 23.0 Å². The first-order chi connectivity index (χ1) is 15.6. The van der Waals surface area contributed by atoms with Crippen molar-refractivity contribution in [2.75, 3.05) is 4.90 Å². The number of para-hydroxylation sites is 2. The van der Waals surface area contributed by atoms with Crippen molar-refractivity contribution in [3.05, 3.63) is 139 Å². The maximum Gasteiger partial charge on any atom is 0.0877 e. The molecule has 0 bridgehead atoms. The van der Waals surface area contributed by atoms with Gasteiger partial charge in [0.1, 0.15) is 0 Å². The van der Waals surface area contributed by atoms with Crippen LogP contribution >= 0.6 is 0 Å². The van der Waals surface area contributed by atoms with Gasteiger partial charge in [-0.15, -0.1) is 6.58 Å². The Morgan fingerprint density at radius 3 is 1.62 bits per heavy atom. The lowest BCUT2D eigenvalue weighted by Crippen LogP contribution is -2.24. The van der Waals surface area contributed by atoms with Gasteiger partial charge in [0.2, 0.25) is 0 Å². The van der Waals surface area contributed by atoms with Gasteiger partial charge in [-0.2, -0.15) is 0 Å². The molecule has 0 unspecified atom stereocenters. The fourth-order valence-electron chi connectivity index (χ4n) is 4.15. The largest absolute Gasteiger partial charge is 0.385 e. The number of hydrogen-bond donors (Lipinski definition) is 1. The second-order valence-corrected chi connectivity index (χ2v) is 8.28. The zero-order valence-electron chi connectivity index (χ0n) is 18.4. The van der Waals surface area contributed by atoms with Crippen molar-refractivity contribution in [3.8, 4) is 0 Å². The van der Waals surface area contributed by atoms with E-state index in [1.54, 1.807) is 0 Å². The van der Waals surface area contributed by atoms with E-state index in [1.165, 1.54) is 5.56 Å². The highest BCUT2D eigenvalue weighted by molar-refractivity contribution is 5.76. The second kappa shape index (κ2) is 9.67. The number of anilines is 3. The lowest BCUT2D eigenvalue weighted by atomic mass is 9.83. The van der Waals surface area contributed by atoms with E-state index in [4.69, 9.17) is 0 Å². The van der Waals surface area contributed by atoms with Crippen molar-refractivity contribution in [1.29, 1.82) is 0 Å². The van der Waals surface area contributed by atoms with E-state index in [0.717, 1.165) is 22.6 Å². The Labute approximate surface area is 191 Å². The third-order valence-corrected chi connectivity index (χ3v) is 5.91. The molecule has 0 aliphatic heterocycles. The smallest absolute Gasteiger partial charge is 0.0877 e.